The third-order valence-corrected chi connectivity index (χ3v) is 7.16. The van der Waals surface area contributed by atoms with Gasteiger partial charge in [-0.05, 0) is 38.2 Å². The van der Waals surface area contributed by atoms with Crippen LogP contribution in [0.4, 0.5) is 0 Å². The van der Waals surface area contributed by atoms with E-state index < -0.39 is 0 Å². The van der Waals surface area contributed by atoms with Gasteiger partial charge in [0, 0.05) is 26.2 Å². The van der Waals surface area contributed by atoms with Crippen molar-refractivity contribution in [3.8, 4) is 0 Å². The van der Waals surface area contributed by atoms with Crippen LogP contribution in [0, 0.1) is 0 Å². The smallest absolute Gasteiger partial charge is 0.289 e. The van der Waals surface area contributed by atoms with Gasteiger partial charge in [0.05, 0.1) is 24.6 Å². The lowest BCUT2D eigenvalue weighted by molar-refractivity contribution is -0.129. The van der Waals surface area contributed by atoms with Crippen LogP contribution in [-0.4, -0.2) is 87.3 Å². The van der Waals surface area contributed by atoms with E-state index in [0.717, 1.165) is 23.0 Å². The quantitative estimate of drug-likeness (QED) is 0.421. The number of furan rings is 1. The number of carbonyl (C=O) groups is 2. The monoisotopic (exact) mass is 496 g/mol. The van der Waals surface area contributed by atoms with E-state index in [9.17, 15) is 9.59 Å². The number of hydrogen-bond acceptors (Lipinski definition) is 7. The minimum atomic E-state index is -0.135. The Morgan fingerprint density at radius 3 is 2.37 bits per heavy atom. The molecule has 1 aliphatic heterocycles. The van der Waals surface area contributed by atoms with Crippen molar-refractivity contribution < 1.29 is 14.0 Å². The fourth-order valence-corrected chi connectivity index (χ4v) is 5.13. The first kappa shape index (κ1) is 25.0. The zero-order valence-corrected chi connectivity index (χ0v) is 21.3. The third kappa shape index (κ3) is 5.94. The molecule has 1 aromatic carbocycles. The molecule has 4 rings (SSSR count). The van der Waals surface area contributed by atoms with Crippen LogP contribution in [0.3, 0.4) is 0 Å². The van der Waals surface area contributed by atoms with Crippen LogP contribution in [0.25, 0.3) is 0 Å². The first-order chi connectivity index (χ1) is 17.0. The van der Waals surface area contributed by atoms with Crippen LogP contribution < -0.4 is 0 Å². The predicted octanol–water partition coefficient (Wildman–Crippen LogP) is 3.01. The number of rotatable bonds is 9. The standard InChI is InChI=1S/C25H32N6O3S/c1-4-20(28(2)3)23-26-27-25(31(23)17-19-9-6-5-7-10-19)35-18-22(32)29-12-14-30(15-13-29)24(33)21-11-8-16-34-21/h5-11,16,20H,4,12-15,17-18H2,1-3H3/t20-/m0/s1. The highest BCUT2D eigenvalue weighted by molar-refractivity contribution is 7.99. The van der Waals surface area contributed by atoms with E-state index in [4.69, 9.17) is 4.42 Å². The molecule has 1 fully saturated rings. The Hall–Kier alpha value is -3.11. The molecule has 0 bridgehead atoms. The van der Waals surface area contributed by atoms with Crippen molar-refractivity contribution in [2.45, 2.75) is 31.1 Å². The maximum atomic E-state index is 13.0. The number of hydrogen-bond donors (Lipinski definition) is 0. The number of amides is 2. The van der Waals surface area contributed by atoms with Crippen LogP contribution in [0.1, 0.15) is 41.3 Å². The van der Waals surface area contributed by atoms with E-state index in [0.29, 0.717) is 38.5 Å². The maximum absolute atomic E-state index is 13.0. The van der Waals surface area contributed by atoms with Crippen molar-refractivity contribution in [2.24, 2.45) is 0 Å². The lowest BCUT2D eigenvalue weighted by atomic mass is 10.2. The SMILES string of the molecule is CC[C@@H](c1nnc(SCC(=O)N2CCN(C(=O)c3ccco3)CC2)n1Cc1ccccc1)N(C)C. The van der Waals surface area contributed by atoms with Gasteiger partial charge in [-0.3, -0.25) is 14.5 Å². The van der Waals surface area contributed by atoms with Gasteiger partial charge < -0.3 is 18.8 Å². The Morgan fingerprint density at radius 2 is 1.74 bits per heavy atom. The number of aromatic nitrogens is 3. The van der Waals surface area contributed by atoms with E-state index >= 15 is 0 Å². The van der Waals surface area contributed by atoms with Gasteiger partial charge in [0.2, 0.25) is 5.91 Å². The van der Waals surface area contributed by atoms with Gasteiger partial charge in [-0.15, -0.1) is 10.2 Å². The van der Waals surface area contributed by atoms with Crippen LogP contribution >= 0.6 is 11.8 Å². The van der Waals surface area contributed by atoms with E-state index in [2.05, 4.69) is 38.7 Å². The Morgan fingerprint density at radius 1 is 1.03 bits per heavy atom. The Balaban J connectivity index is 1.40. The minimum absolute atomic E-state index is 0.0376. The first-order valence-corrected chi connectivity index (χ1v) is 12.8. The molecule has 0 spiro atoms. The fraction of sp³-hybridized carbons (Fsp3) is 0.440. The van der Waals surface area contributed by atoms with Gasteiger partial charge in [0.25, 0.3) is 5.91 Å². The summed E-state index contributed by atoms with van der Waals surface area (Å²) in [6, 6.07) is 13.7. The van der Waals surface area contributed by atoms with Crippen LogP contribution in [0.15, 0.2) is 58.3 Å². The van der Waals surface area contributed by atoms with E-state index in [1.54, 1.807) is 17.0 Å². The number of carbonyl (C=O) groups excluding carboxylic acids is 2. The molecule has 3 heterocycles. The fourth-order valence-electron chi connectivity index (χ4n) is 4.28. The third-order valence-electron chi connectivity index (χ3n) is 6.21. The molecule has 3 aromatic rings. The van der Waals surface area contributed by atoms with Crippen molar-refractivity contribution in [2.75, 3.05) is 46.0 Å². The Kier molecular flexibility index (Phi) is 8.25. The predicted molar refractivity (Wildman–Crippen MR) is 134 cm³/mol. The van der Waals surface area contributed by atoms with Gasteiger partial charge in [0.1, 0.15) is 0 Å². The van der Waals surface area contributed by atoms with Gasteiger partial charge in [-0.1, -0.05) is 49.0 Å². The minimum Gasteiger partial charge on any atom is -0.459 e. The summed E-state index contributed by atoms with van der Waals surface area (Å²) in [6.07, 6.45) is 2.40. The molecular formula is C25H32N6O3S. The van der Waals surface area contributed by atoms with Crippen molar-refractivity contribution >= 4 is 23.6 Å². The molecule has 0 unspecified atom stereocenters. The zero-order valence-electron chi connectivity index (χ0n) is 20.5. The lowest BCUT2D eigenvalue weighted by Crippen LogP contribution is -2.51. The summed E-state index contributed by atoms with van der Waals surface area (Å²) in [6.45, 7) is 4.78. The first-order valence-electron chi connectivity index (χ1n) is 11.8. The number of thioether (sulfide) groups is 1. The molecule has 35 heavy (non-hydrogen) atoms. The lowest BCUT2D eigenvalue weighted by Gasteiger charge is -2.34. The molecule has 0 saturated carbocycles. The zero-order chi connectivity index (χ0) is 24.8. The number of benzene rings is 1. The number of piperazine rings is 1. The van der Waals surface area contributed by atoms with Crippen molar-refractivity contribution in [3.05, 3.63) is 65.9 Å². The molecule has 1 saturated heterocycles. The highest BCUT2D eigenvalue weighted by Crippen LogP contribution is 2.26. The summed E-state index contributed by atoms with van der Waals surface area (Å²) >= 11 is 1.42. The average Bonchev–Trinajstić information content (AvgIpc) is 3.54. The maximum Gasteiger partial charge on any atom is 0.289 e. The topological polar surface area (TPSA) is 87.7 Å². The molecule has 1 aliphatic rings. The molecular weight excluding hydrogens is 464 g/mol. The van der Waals surface area contributed by atoms with E-state index in [1.807, 2.05) is 37.2 Å². The van der Waals surface area contributed by atoms with Gasteiger partial charge in [-0.25, -0.2) is 0 Å². The highest BCUT2D eigenvalue weighted by Gasteiger charge is 2.27. The molecule has 0 radical (unpaired) electrons. The molecule has 10 heteroatoms. The molecule has 9 nitrogen and oxygen atoms in total. The largest absolute Gasteiger partial charge is 0.459 e. The Bertz CT molecular complexity index is 1110. The molecule has 2 aromatic heterocycles. The van der Waals surface area contributed by atoms with E-state index in [-0.39, 0.29) is 23.6 Å². The van der Waals surface area contributed by atoms with Crippen molar-refractivity contribution in [3.63, 3.8) is 0 Å². The second-order valence-corrected chi connectivity index (χ2v) is 9.68. The van der Waals surface area contributed by atoms with Crippen LogP contribution in [0.5, 0.6) is 0 Å². The van der Waals surface area contributed by atoms with E-state index in [1.165, 1.54) is 18.0 Å². The highest BCUT2D eigenvalue weighted by atomic mass is 32.2. The average molecular weight is 497 g/mol. The van der Waals surface area contributed by atoms with Gasteiger partial charge >= 0.3 is 0 Å². The molecule has 0 N–H and O–H groups in total. The second kappa shape index (κ2) is 11.5. The molecule has 0 aliphatic carbocycles. The van der Waals surface area contributed by atoms with Crippen molar-refractivity contribution in [1.82, 2.24) is 29.5 Å². The summed E-state index contributed by atoms with van der Waals surface area (Å²) in [7, 11) is 4.09. The number of nitrogens with zero attached hydrogens (tertiary/aromatic N) is 6. The Labute approximate surface area is 210 Å². The normalized spacial score (nSPS) is 15.0. The summed E-state index contributed by atoms with van der Waals surface area (Å²) in [5.74, 6) is 1.41. The summed E-state index contributed by atoms with van der Waals surface area (Å²) in [5.41, 5.74) is 1.16. The molecule has 186 valence electrons. The summed E-state index contributed by atoms with van der Waals surface area (Å²) in [5, 5.41) is 9.72. The molecule has 2 amide bonds. The second-order valence-electron chi connectivity index (χ2n) is 8.74. The molecule has 1 atom stereocenters. The summed E-state index contributed by atoms with van der Waals surface area (Å²) in [4.78, 5) is 31.1. The summed E-state index contributed by atoms with van der Waals surface area (Å²) < 4.78 is 7.34. The van der Waals surface area contributed by atoms with Crippen LogP contribution in [0.2, 0.25) is 0 Å². The van der Waals surface area contributed by atoms with Crippen molar-refractivity contribution in [1.29, 1.82) is 0 Å². The van der Waals surface area contributed by atoms with Gasteiger partial charge in [0.15, 0.2) is 16.7 Å². The van der Waals surface area contributed by atoms with Crippen LogP contribution in [-0.2, 0) is 11.3 Å². The van der Waals surface area contributed by atoms with Gasteiger partial charge in [-0.2, -0.15) is 0 Å².